The van der Waals surface area contributed by atoms with Crippen molar-refractivity contribution in [3.8, 4) is 0 Å². The zero-order valence-electron chi connectivity index (χ0n) is 10.6. The average molecular weight is 261 g/mol. The number of carbonyl (C=O) groups is 1. The number of H-pyrrole nitrogens is 1. The first kappa shape index (κ1) is 11.8. The largest absolute Gasteiger partial charge is 0.336 e. The van der Waals surface area contributed by atoms with E-state index < -0.39 is 0 Å². The summed E-state index contributed by atoms with van der Waals surface area (Å²) >= 11 is 0. The third-order valence-corrected chi connectivity index (χ3v) is 3.18. The van der Waals surface area contributed by atoms with Crippen LogP contribution in [0.1, 0.15) is 22.1 Å². The highest BCUT2D eigenvalue weighted by atomic mass is 16.2. The molecule has 19 heavy (non-hydrogen) atoms. The minimum atomic E-state index is -0.139. The lowest BCUT2D eigenvalue weighted by atomic mass is 10.2. The van der Waals surface area contributed by atoms with E-state index in [0.29, 0.717) is 18.3 Å². The maximum Gasteiger partial charge on any atom is 0.276 e. The first-order valence-electron chi connectivity index (χ1n) is 6.09. The molecule has 1 amide bonds. The number of amides is 1. The van der Waals surface area contributed by atoms with Crippen molar-refractivity contribution in [3.05, 3.63) is 29.8 Å². The van der Waals surface area contributed by atoms with Crippen molar-refractivity contribution < 1.29 is 4.79 Å². The van der Waals surface area contributed by atoms with E-state index >= 15 is 0 Å². The summed E-state index contributed by atoms with van der Waals surface area (Å²) in [6.45, 7) is 2.25. The fraction of sp³-hybridized carbons (Fsp3) is 0.455. The van der Waals surface area contributed by atoms with Crippen molar-refractivity contribution in [2.45, 2.75) is 12.6 Å². The monoisotopic (exact) mass is 261 g/mol. The molecule has 3 rings (SSSR count). The van der Waals surface area contributed by atoms with Crippen LogP contribution in [-0.2, 0) is 6.54 Å². The fourth-order valence-electron chi connectivity index (χ4n) is 1.92. The number of aromatic nitrogens is 5. The molecule has 8 heteroatoms. The highest BCUT2D eigenvalue weighted by Gasteiger charge is 2.22. The van der Waals surface area contributed by atoms with Crippen LogP contribution in [0.15, 0.2) is 18.6 Å². The Morgan fingerprint density at radius 3 is 3.05 bits per heavy atom. The topological polar surface area (TPSA) is 91.7 Å². The Kier molecular flexibility index (Phi) is 3.00. The molecule has 0 radical (unpaired) electrons. The smallest absolute Gasteiger partial charge is 0.276 e. The number of nitrogens with zero attached hydrogens (tertiary/aromatic N) is 5. The molecule has 0 atom stereocenters. The fourth-order valence-corrected chi connectivity index (χ4v) is 1.92. The van der Waals surface area contributed by atoms with E-state index in [1.54, 1.807) is 35.2 Å². The summed E-state index contributed by atoms with van der Waals surface area (Å²) < 4.78 is 1.75. The van der Waals surface area contributed by atoms with Crippen LogP contribution in [-0.4, -0.2) is 56.1 Å². The van der Waals surface area contributed by atoms with Gasteiger partial charge >= 0.3 is 0 Å². The Balaban J connectivity index is 1.67. The maximum atomic E-state index is 12.2. The van der Waals surface area contributed by atoms with E-state index in [2.05, 4.69) is 25.8 Å². The number of nitrogens with one attached hydrogen (secondary N) is 2. The van der Waals surface area contributed by atoms with Gasteiger partial charge < -0.3 is 10.2 Å². The second-order valence-corrected chi connectivity index (χ2v) is 4.66. The molecule has 1 fully saturated rings. The van der Waals surface area contributed by atoms with Crippen molar-refractivity contribution in [2.24, 2.45) is 0 Å². The summed E-state index contributed by atoms with van der Waals surface area (Å²) in [6.07, 6.45) is 5.17. The second-order valence-electron chi connectivity index (χ2n) is 4.66. The standard InChI is InChI=1S/C11H15N7O/c1-17(6-8-2-13-14-3-8)11(19)10-7-18(16-15-10)9-4-12-5-9/h2-3,7,9,12H,4-6H2,1H3,(H,13,14). The lowest BCUT2D eigenvalue weighted by Gasteiger charge is -2.26. The molecule has 2 aromatic rings. The summed E-state index contributed by atoms with van der Waals surface area (Å²) in [7, 11) is 1.74. The van der Waals surface area contributed by atoms with E-state index in [1.165, 1.54) is 0 Å². The zero-order chi connectivity index (χ0) is 13.2. The Labute approximate surface area is 109 Å². The van der Waals surface area contributed by atoms with Crippen LogP contribution in [0, 0.1) is 0 Å². The van der Waals surface area contributed by atoms with Crippen molar-refractivity contribution in [2.75, 3.05) is 20.1 Å². The molecular weight excluding hydrogens is 246 g/mol. The Morgan fingerprint density at radius 1 is 1.58 bits per heavy atom. The molecule has 2 aromatic heterocycles. The van der Waals surface area contributed by atoms with Gasteiger partial charge in [0.25, 0.3) is 5.91 Å². The molecule has 0 spiro atoms. The van der Waals surface area contributed by atoms with Gasteiger partial charge in [-0.3, -0.25) is 9.89 Å². The second kappa shape index (κ2) is 4.81. The van der Waals surface area contributed by atoms with Gasteiger partial charge in [-0.15, -0.1) is 5.10 Å². The van der Waals surface area contributed by atoms with Crippen molar-refractivity contribution in [1.82, 2.24) is 35.4 Å². The Morgan fingerprint density at radius 2 is 2.42 bits per heavy atom. The van der Waals surface area contributed by atoms with Crippen LogP contribution in [0.4, 0.5) is 0 Å². The summed E-state index contributed by atoms with van der Waals surface area (Å²) in [5.74, 6) is -0.139. The number of rotatable bonds is 4. The molecule has 2 N–H and O–H groups in total. The first-order valence-corrected chi connectivity index (χ1v) is 6.09. The highest BCUT2D eigenvalue weighted by Crippen LogP contribution is 2.11. The SMILES string of the molecule is CN(Cc1cn[nH]c1)C(=O)c1cn(C2CNC2)nn1. The van der Waals surface area contributed by atoms with Gasteiger partial charge in [-0.25, -0.2) is 4.68 Å². The van der Waals surface area contributed by atoms with Gasteiger partial charge in [-0.2, -0.15) is 5.10 Å². The van der Waals surface area contributed by atoms with Gasteiger partial charge in [0.05, 0.1) is 18.4 Å². The molecular formula is C11H15N7O. The van der Waals surface area contributed by atoms with Gasteiger partial charge in [0.15, 0.2) is 5.69 Å². The van der Waals surface area contributed by atoms with Gasteiger partial charge in [0, 0.05) is 38.4 Å². The van der Waals surface area contributed by atoms with E-state index in [9.17, 15) is 4.79 Å². The minimum absolute atomic E-state index is 0.139. The van der Waals surface area contributed by atoms with Crippen LogP contribution < -0.4 is 5.32 Å². The molecule has 1 saturated heterocycles. The molecule has 0 aromatic carbocycles. The van der Waals surface area contributed by atoms with Gasteiger partial charge in [0.2, 0.25) is 0 Å². The lowest BCUT2D eigenvalue weighted by molar-refractivity contribution is 0.0779. The number of aromatic amines is 1. The molecule has 0 saturated carbocycles. The zero-order valence-corrected chi connectivity index (χ0v) is 10.6. The minimum Gasteiger partial charge on any atom is -0.336 e. The van der Waals surface area contributed by atoms with Crippen molar-refractivity contribution in [3.63, 3.8) is 0 Å². The molecule has 1 aliphatic heterocycles. The van der Waals surface area contributed by atoms with Crippen molar-refractivity contribution in [1.29, 1.82) is 0 Å². The van der Waals surface area contributed by atoms with Crippen LogP contribution >= 0.6 is 0 Å². The molecule has 0 unspecified atom stereocenters. The quantitative estimate of drug-likeness (QED) is 0.768. The first-order chi connectivity index (χ1) is 9.24. The third kappa shape index (κ3) is 2.34. The molecule has 8 nitrogen and oxygen atoms in total. The summed E-state index contributed by atoms with van der Waals surface area (Å²) in [6, 6.07) is 0.313. The predicted octanol–water partition coefficient (Wildman–Crippen LogP) is -0.582. The highest BCUT2D eigenvalue weighted by molar-refractivity contribution is 5.91. The van der Waals surface area contributed by atoms with E-state index in [-0.39, 0.29) is 5.91 Å². The maximum absolute atomic E-state index is 12.2. The van der Waals surface area contributed by atoms with E-state index in [1.807, 2.05) is 0 Å². The average Bonchev–Trinajstić information content (AvgIpc) is 2.97. The number of hydrogen-bond donors (Lipinski definition) is 2. The summed E-state index contributed by atoms with van der Waals surface area (Å²) in [5.41, 5.74) is 1.32. The normalized spacial score (nSPS) is 15.2. The Bertz CT molecular complexity index is 557. The van der Waals surface area contributed by atoms with E-state index in [4.69, 9.17) is 0 Å². The molecule has 0 aliphatic carbocycles. The van der Waals surface area contributed by atoms with Crippen molar-refractivity contribution >= 4 is 5.91 Å². The summed E-state index contributed by atoms with van der Waals surface area (Å²) in [5, 5.41) is 17.7. The van der Waals surface area contributed by atoms with Crippen LogP contribution in [0.2, 0.25) is 0 Å². The lowest BCUT2D eigenvalue weighted by Crippen LogP contribution is -2.43. The van der Waals surface area contributed by atoms with Gasteiger partial charge in [-0.1, -0.05) is 5.21 Å². The van der Waals surface area contributed by atoms with Crippen LogP contribution in [0.5, 0.6) is 0 Å². The molecule has 0 bridgehead atoms. The predicted molar refractivity (Wildman–Crippen MR) is 66.3 cm³/mol. The third-order valence-electron chi connectivity index (χ3n) is 3.18. The number of hydrogen-bond acceptors (Lipinski definition) is 5. The molecule has 100 valence electrons. The Hall–Kier alpha value is -2.22. The van der Waals surface area contributed by atoms with Gasteiger partial charge in [-0.05, 0) is 0 Å². The number of carbonyl (C=O) groups excluding carboxylic acids is 1. The van der Waals surface area contributed by atoms with Crippen LogP contribution in [0.25, 0.3) is 0 Å². The molecule has 1 aliphatic rings. The molecule has 3 heterocycles. The van der Waals surface area contributed by atoms with Gasteiger partial charge in [0.1, 0.15) is 0 Å². The van der Waals surface area contributed by atoms with E-state index in [0.717, 1.165) is 18.7 Å². The van der Waals surface area contributed by atoms with Crippen LogP contribution in [0.3, 0.4) is 0 Å². The summed E-state index contributed by atoms with van der Waals surface area (Å²) in [4.78, 5) is 13.8.